The molecule has 0 aromatic carbocycles. The Kier molecular flexibility index (Phi) is 2.27. The third-order valence-electron chi connectivity index (χ3n) is 2.36. The fourth-order valence-corrected chi connectivity index (χ4v) is 1.76. The Balaban J connectivity index is 2.50. The molecule has 3 nitrogen and oxygen atoms in total. The molecule has 1 aliphatic rings. The summed E-state index contributed by atoms with van der Waals surface area (Å²) in [5, 5.41) is 0. The van der Waals surface area contributed by atoms with Crippen molar-refractivity contribution in [3.8, 4) is 0 Å². The zero-order valence-corrected chi connectivity index (χ0v) is 8.13. The summed E-state index contributed by atoms with van der Waals surface area (Å²) in [4.78, 5) is 8.82. The second-order valence-corrected chi connectivity index (χ2v) is 3.30. The summed E-state index contributed by atoms with van der Waals surface area (Å²) in [5.74, 6) is 0.862. The molecule has 70 valence electrons. The molecule has 2 rings (SSSR count). The predicted octanol–water partition coefficient (Wildman–Crippen LogP) is 1.42. The van der Waals surface area contributed by atoms with Crippen LogP contribution in [0.1, 0.15) is 29.7 Å². The molecule has 2 heterocycles. The third kappa shape index (κ3) is 1.56. The molecular formula is C10H14N2O. The van der Waals surface area contributed by atoms with Gasteiger partial charge in [0.1, 0.15) is 5.82 Å². The van der Waals surface area contributed by atoms with Crippen LogP contribution in [0.25, 0.3) is 0 Å². The normalized spacial score (nSPS) is 15.5. The highest BCUT2D eigenvalue weighted by atomic mass is 16.5. The van der Waals surface area contributed by atoms with E-state index in [0.717, 1.165) is 31.0 Å². The summed E-state index contributed by atoms with van der Waals surface area (Å²) in [6.07, 6.45) is 1.96. The van der Waals surface area contributed by atoms with E-state index < -0.39 is 0 Å². The summed E-state index contributed by atoms with van der Waals surface area (Å²) in [6, 6.07) is 0. The molecule has 0 saturated heterocycles. The molecule has 1 aromatic heterocycles. The smallest absolute Gasteiger partial charge is 0.125 e. The maximum absolute atomic E-state index is 5.36. The Labute approximate surface area is 78.2 Å². The SMILES string of the molecule is CCc1nc(C)nc2c1CCOC2. The van der Waals surface area contributed by atoms with Gasteiger partial charge < -0.3 is 4.74 Å². The quantitative estimate of drug-likeness (QED) is 0.652. The van der Waals surface area contributed by atoms with E-state index in [1.165, 1.54) is 11.3 Å². The van der Waals surface area contributed by atoms with Gasteiger partial charge in [-0.25, -0.2) is 9.97 Å². The van der Waals surface area contributed by atoms with Crippen molar-refractivity contribution in [1.29, 1.82) is 0 Å². The van der Waals surface area contributed by atoms with Crippen LogP contribution in [0.5, 0.6) is 0 Å². The second kappa shape index (κ2) is 3.42. The van der Waals surface area contributed by atoms with Crippen LogP contribution < -0.4 is 0 Å². The van der Waals surface area contributed by atoms with Crippen LogP contribution in [0.2, 0.25) is 0 Å². The van der Waals surface area contributed by atoms with Gasteiger partial charge in [0.05, 0.1) is 18.9 Å². The average molecular weight is 178 g/mol. The Morgan fingerprint density at radius 2 is 2.23 bits per heavy atom. The molecule has 0 unspecified atom stereocenters. The first-order valence-electron chi connectivity index (χ1n) is 4.74. The minimum atomic E-state index is 0.658. The minimum absolute atomic E-state index is 0.658. The Bertz CT molecular complexity index is 306. The van der Waals surface area contributed by atoms with Crippen molar-refractivity contribution in [1.82, 2.24) is 9.97 Å². The van der Waals surface area contributed by atoms with Crippen LogP contribution in [0, 0.1) is 6.92 Å². The van der Waals surface area contributed by atoms with E-state index in [1.807, 2.05) is 6.92 Å². The molecule has 0 saturated carbocycles. The molecule has 0 radical (unpaired) electrons. The van der Waals surface area contributed by atoms with Crippen LogP contribution in [0.15, 0.2) is 0 Å². The van der Waals surface area contributed by atoms with E-state index in [0.29, 0.717) is 6.61 Å². The van der Waals surface area contributed by atoms with Crippen LogP contribution in [0.4, 0.5) is 0 Å². The van der Waals surface area contributed by atoms with Gasteiger partial charge in [0.2, 0.25) is 0 Å². The topological polar surface area (TPSA) is 35.0 Å². The zero-order chi connectivity index (χ0) is 9.26. The predicted molar refractivity (Wildman–Crippen MR) is 49.5 cm³/mol. The second-order valence-electron chi connectivity index (χ2n) is 3.30. The van der Waals surface area contributed by atoms with Crippen LogP contribution in [-0.2, 0) is 24.2 Å². The van der Waals surface area contributed by atoms with Crippen molar-refractivity contribution in [2.75, 3.05) is 6.61 Å². The first kappa shape index (κ1) is 8.63. The molecule has 0 atom stereocenters. The van der Waals surface area contributed by atoms with E-state index >= 15 is 0 Å². The number of fused-ring (bicyclic) bond motifs is 1. The average Bonchev–Trinajstić information content (AvgIpc) is 2.16. The number of nitrogens with zero attached hydrogens (tertiary/aromatic N) is 2. The van der Waals surface area contributed by atoms with Gasteiger partial charge in [0.15, 0.2) is 0 Å². The maximum atomic E-state index is 5.36. The summed E-state index contributed by atoms with van der Waals surface area (Å²) in [7, 11) is 0. The summed E-state index contributed by atoms with van der Waals surface area (Å²) < 4.78 is 5.36. The van der Waals surface area contributed by atoms with Gasteiger partial charge in [-0.2, -0.15) is 0 Å². The zero-order valence-electron chi connectivity index (χ0n) is 8.13. The summed E-state index contributed by atoms with van der Waals surface area (Å²) in [6.45, 7) is 5.55. The molecular weight excluding hydrogens is 164 g/mol. The lowest BCUT2D eigenvalue weighted by Gasteiger charge is -2.18. The fraction of sp³-hybridized carbons (Fsp3) is 0.600. The monoisotopic (exact) mass is 178 g/mol. The summed E-state index contributed by atoms with van der Waals surface area (Å²) in [5.41, 5.74) is 3.61. The highest BCUT2D eigenvalue weighted by molar-refractivity contribution is 5.27. The number of rotatable bonds is 1. The molecule has 0 spiro atoms. The molecule has 1 aliphatic heterocycles. The van der Waals surface area contributed by atoms with Crippen LogP contribution in [-0.4, -0.2) is 16.6 Å². The maximum Gasteiger partial charge on any atom is 0.125 e. The number of aryl methyl sites for hydroxylation is 2. The van der Waals surface area contributed by atoms with Gasteiger partial charge in [-0.3, -0.25) is 0 Å². The molecule has 0 N–H and O–H groups in total. The number of hydrogen-bond donors (Lipinski definition) is 0. The van der Waals surface area contributed by atoms with Crippen molar-refractivity contribution >= 4 is 0 Å². The van der Waals surface area contributed by atoms with Gasteiger partial charge in [0, 0.05) is 5.69 Å². The number of ether oxygens (including phenoxy) is 1. The highest BCUT2D eigenvalue weighted by Gasteiger charge is 2.15. The number of aromatic nitrogens is 2. The Morgan fingerprint density at radius 1 is 1.38 bits per heavy atom. The lowest BCUT2D eigenvalue weighted by Crippen LogP contribution is -2.16. The Morgan fingerprint density at radius 3 is 3.00 bits per heavy atom. The first-order chi connectivity index (χ1) is 6.31. The van der Waals surface area contributed by atoms with Gasteiger partial charge in [-0.1, -0.05) is 6.92 Å². The lowest BCUT2D eigenvalue weighted by atomic mass is 10.0. The number of hydrogen-bond acceptors (Lipinski definition) is 3. The molecule has 0 amide bonds. The first-order valence-corrected chi connectivity index (χ1v) is 4.74. The molecule has 0 bridgehead atoms. The highest BCUT2D eigenvalue weighted by Crippen LogP contribution is 2.18. The van der Waals surface area contributed by atoms with Crippen molar-refractivity contribution in [3.63, 3.8) is 0 Å². The molecule has 0 aliphatic carbocycles. The van der Waals surface area contributed by atoms with Gasteiger partial charge >= 0.3 is 0 Å². The van der Waals surface area contributed by atoms with Crippen molar-refractivity contribution < 1.29 is 4.74 Å². The fourth-order valence-electron chi connectivity index (χ4n) is 1.76. The van der Waals surface area contributed by atoms with Crippen LogP contribution in [0.3, 0.4) is 0 Å². The molecule has 3 heteroatoms. The molecule has 0 fully saturated rings. The largest absolute Gasteiger partial charge is 0.375 e. The van der Waals surface area contributed by atoms with Gasteiger partial charge in [-0.05, 0) is 25.3 Å². The van der Waals surface area contributed by atoms with Crippen LogP contribution >= 0.6 is 0 Å². The van der Waals surface area contributed by atoms with E-state index in [4.69, 9.17) is 4.74 Å². The van der Waals surface area contributed by atoms with E-state index in [-0.39, 0.29) is 0 Å². The summed E-state index contributed by atoms with van der Waals surface area (Å²) >= 11 is 0. The van der Waals surface area contributed by atoms with Gasteiger partial charge in [0.25, 0.3) is 0 Å². The Hall–Kier alpha value is -0.960. The molecule has 13 heavy (non-hydrogen) atoms. The van der Waals surface area contributed by atoms with E-state index in [1.54, 1.807) is 0 Å². The standard InChI is InChI=1S/C10H14N2O/c1-3-9-8-4-5-13-6-10(8)12-7(2)11-9/h3-6H2,1-2H3. The van der Waals surface area contributed by atoms with Crippen molar-refractivity contribution in [3.05, 3.63) is 22.8 Å². The minimum Gasteiger partial charge on any atom is -0.375 e. The van der Waals surface area contributed by atoms with Gasteiger partial charge in [-0.15, -0.1) is 0 Å². The lowest BCUT2D eigenvalue weighted by molar-refractivity contribution is 0.106. The third-order valence-corrected chi connectivity index (χ3v) is 2.36. The van der Waals surface area contributed by atoms with E-state index in [9.17, 15) is 0 Å². The van der Waals surface area contributed by atoms with E-state index in [2.05, 4.69) is 16.9 Å². The van der Waals surface area contributed by atoms with Crippen molar-refractivity contribution in [2.24, 2.45) is 0 Å². The van der Waals surface area contributed by atoms with Crippen molar-refractivity contribution in [2.45, 2.75) is 33.3 Å². The molecule has 1 aromatic rings.